The van der Waals surface area contributed by atoms with Gasteiger partial charge >= 0.3 is 5.97 Å². The lowest BCUT2D eigenvalue weighted by Crippen LogP contribution is -2.48. The molecule has 2 amide bonds. The van der Waals surface area contributed by atoms with Crippen LogP contribution in [-0.2, 0) is 15.0 Å². The third-order valence-electron chi connectivity index (χ3n) is 5.36. The minimum Gasteiger partial charge on any atom is -0.481 e. The number of aliphatic carboxylic acids is 1. The number of carboxylic acids is 1. The molecule has 138 valence electrons. The van der Waals surface area contributed by atoms with Crippen molar-refractivity contribution >= 4 is 17.8 Å². The third kappa shape index (κ3) is 3.36. The quantitative estimate of drug-likeness (QED) is 0.572. The van der Waals surface area contributed by atoms with Crippen LogP contribution >= 0.6 is 0 Å². The van der Waals surface area contributed by atoms with Gasteiger partial charge in [-0.15, -0.1) is 0 Å². The van der Waals surface area contributed by atoms with Gasteiger partial charge in [0.2, 0.25) is 5.91 Å². The highest BCUT2D eigenvalue weighted by atomic mass is 16.4. The van der Waals surface area contributed by atoms with Crippen molar-refractivity contribution < 1.29 is 19.5 Å². The molecule has 0 spiro atoms. The van der Waals surface area contributed by atoms with Gasteiger partial charge in [0.25, 0.3) is 5.91 Å². The summed E-state index contributed by atoms with van der Waals surface area (Å²) in [7, 11) is 0. The Hall–Kier alpha value is -2.63. The van der Waals surface area contributed by atoms with Gasteiger partial charge in [-0.2, -0.15) is 0 Å². The van der Waals surface area contributed by atoms with E-state index in [4.69, 9.17) is 0 Å². The van der Waals surface area contributed by atoms with Crippen molar-refractivity contribution in [2.45, 2.75) is 32.6 Å². The van der Waals surface area contributed by atoms with Crippen molar-refractivity contribution in [3.63, 3.8) is 0 Å². The maximum atomic E-state index is 12.4. The van der Waals surface area contributed by atoms with Gasteiger partial charge in [-0.25, -0.2) is 0 Å². The standard InChI is InChI=1S/C20H24N2O4/c1-20(2,3)14-8-6-11(7-9-14)17(23)21-22-18(24)15-12-4-5-13(10-12)16(15)19(25)26/h4-9,12-13,15-16H,10H2,1-3H3,(H,21,23)(H,22,24)(H,25,26)/t12-,13+,15+,16+/m1/s1. The number of amides is 2. The summed E-state index contributed by atoms with van der Waals surface area (Å²) in [5.74, 6) is -3.40. The van der Waals surface area contributed by atoms with Gasteiger partial charge in [-0.1, -0.05) is 45.1 Å². The first-order valence-corrected chi connectivity index (χ1v) is 8.80. The van der Waals surface area contributed by atoms with E-state index < -0.39 is 29.6 Å². The lowest BCUT2D eigenvalue weighted by atomic mass is 9.82. The molecule has 1 fully saturated rings. The Kier molecular flexibility index (Phi) is 4.61. The molecule has 1 saturated carbocycles. The zero-order valence-corrected chi connectivity index (χ0v) is 15.2. The Bertz CT molecular complexity index is 761. The molecular weight excluding hydrogens is 332 g/mol. The normalized spacial score (nSPS) is 26.6. The second kappa shape index (κ2) is 6.59. The molecule has 0 aromatic heterocycles. The second-order valence-corrected chi connectivity index (χ2v) is 8.11. The van der Waals surface area contributed by atoms with Gasteiger partial charge in [0.05, 0.1) is 11.8 Å². The molecule has 6 heteroatoms. The molecule has 6 nitrogen and oxygen atoms in total. The zero-order valence-electron chi connectivity index (χ0n) is 15.2. The fourth-order valence-electron chi connectivity index (χ4n) is 3.91. The fraction of sp³-hybridized carbons (Fsp3) is 0.450. The molecular formula is C20H24N2O4. The summed E-state index contributed by atoms with van der Waals surface area (Å²) in [6.45, 7) is 6.26. The van der Waals surface area contributed by atoms with Crippen LogP contribution in [0.1, 0.15) is 43.1 Å². The number of hydrogen-bond donors (Lipinski definition) is 3. The number of hydrogen-bond acceptors (Lipinski definition) is 3. The minimum atomic E-state index is -0.967. The molecule has 0 saturated heterocycles. The smallest absolute Gasteiger partial charge is 0.307 e. The predicted molar refractivity (Wildman–Crippen MR) is 96.1 cm³/mol. The lowest BCUT2D eigenvalue weighted by Gasteiger charge is -2.24. The molecule has 0 heterocycles. The van der Waals surface area contributed by atoms with Gasteiger partial charge in [-0.3, -0.25) is 25.2 Å². The van der Waals surface area contributed by atoms with Gasteiger partial charge in [0.15, 0.2) is 0 Å². The molecule has 3 N–H and O–H groups in total. The van der Waals surface area contributed by atoms with E-state index in [0.717, 1.165) is 5.56 Å². The van der Waals surface area contributed by atoms with Crippen LogP contribution in [0.25, 0.3) is 0 Å². The first-order valence-electron chi connectivity index (χ1n) is 8.80. The van der Waals surface area contributed by atoms with Crippen molar-refractivity contribution in [3.8, 4) is 0 Å². The number of carboxylic acid groups (broad SMARTS) is 1. The molecule has 0 radical (unpaired) electrons. The summed E-state index contributed by atoms with van der Waals surface area (Å²) in [5, 5.41) is 9.40. The molecule has 1 aromatic carbocycles. The molecule has 0 aliphatic heterocycles. The van der Waals surface area contributed by atoms with Crippen molar-refractivity contribution in [3.05, 3.63) is 47.5 Å². The fourth-order valence-corrected chi connectivity index (χ4v) is 3.91. The molecule has 2 aliphatic carbocycles. The van der Waals surface area contributed by atoms with Crippen LogP contribution in [0.3, 0.4) is 0 Å². The maximum absolute atomic E-state index is 12.4. The van der Waals surface area contributed by atoms with E-state index in [1.807, 2.05) is 24.3 Å². The van der Waals surface area contributed by atoms with Crippen LogP contribution in [-0.4, -0.2) is 22.9 Å². The van der Waals surface area contributed by atoms with Crippen LogP contribution in [0, 0.1) is 23.7 Å². The Morgan fingerprint density at radius 3 is 2.08 bits per heavy atom. The van der Waals surface area contributed by atoms with Crippen molar-refractivity contribution in [1.82, 2.24) is 10.9 Å². The van der Waals surface area contributed by atoms with Gasteiger partial charge in [0, 0.05) is 5.56 Å². The number of carbonyl (C=O) groups excluding carboxylic acids is 2. The number of nitrogens with one attached hydrogen (secondary N) is 2. The average Bonchev–Trinajstić information content (AvgIpc) is 3.19. The number of carbonyl (C=O) groups is 3. The first-order chi connectivity index (χ1) is 12.2. The number of rotatable bonds is 3. The van der Waals surface area contributed by atoms with E-state index in [-0.39, 0.29) is 17.3 Å². The van der Waals surface area contributed by atoms with E-state index in [1.54, 1.807) is 12.1 Å². The molecule has 1 aromatic rings. The van der Waals surface area contributed by atoms with Crippen LogP contribution < -0.4 is 10.9 Å². The molecule has 0 unspecified atom stereocenters. The van der Waals surface area contributed by atoms with Crippen LogP contribution in [0.4, 0.5) is 0 Å². The Labute approximate surface area is 152 Å². The Balaban J connectivity index is 1.62. The highest BCUT2D eigenvalue weighted by Crippen LogP contribution is 2.48. The average molecular weight is 356 g/mol. The molecule has 2 bridgehead atoms. The Morgan fingerprint density at radius 1 is 0.962 bits per heavy atom. The van der Waals surface area contributed by atoms with Crippen molar-refractivity contribution in [1.29, 1.82) is 0 Å². The number of fused-ring (bicyclic) bond motifs is 2. The Morgan fingerprint density at radius 2 is 1.54 bits per heavy atom. The van der Waals surface area contributed by atoms with Gasteiger partial charge in [0.1, 0.15) is 0 Å². The summed E-state index contributed by atoms with van der Waals surface area (Å²) in [6, 6.07) is 7.20. The zero-order chi connectivity index (χ0) is 19.1. The topological polar surface area (TPSA) is 95.5 Å². The molecule has 26 heavy (non-hydrogen) atoms. The van der Waals surface area contributed by atoms with Crippen LogP contribution in [0.5, 0.6) is 0 Å². The highest BCUT2D eigenvalue weighted by Gasteiger charge is 2.51. The highest BCUT2D eigenvalue weighted by molar-refractivity contribution is 5.96. The summed E-state index contributed by atoms with van der Waals surface area (Å²) in [4.78, 5) is 36.2. The number of hydrazine groups is 1. The van der Waals surface area contributed by atoms with Crippen LogP contribution in [0.2, 0.25) is 0 Å². The largest absolute Gasteiger partial charge is 0.481 e. The van der Waals surface area contributed by atoms with E-state index >= 15 is 0 Å². The SMILES string of the molecule is CC(C)(C)c1ccc(C(=O)NNC(=O)[C@@H]2[C@@H](C(=O)O)[C@H]3C=C[C@@H]2C3)cc1. The summed E-state index contributed by atoms with van der Waals surface area (Å²) < 4.78 is 0. The van der Waals surface area contributed by atoms with Gasteiger partial charge in [-0.05, 0) is 41.4 Å². The first kappa shape index (κ1) is 18.2. The number of benzene rings is 1. The van der Waals surface area contributed by atoms with Crippen molar-refractivity contribution in [2.24, 2.45) is 23.7 Å². The molecule has 4 atom stereocenters. The summed E-state index contributed by atoms with van der Waals surface area (Å²) in [5.41, 5.74) is 6.33. The number of allylic oxidation sites excluding steroid dienone is 2. The predicted octanol–water partition coefficient (Wildman–Crippen LogP) is 2.27. The van der Waals surface area contributed by atoms with Crippen molar-refractivity contribution in [2.75, 3.05) is 0 Å². The van der Waals surface area contributed by atoms with E-state index in [1.165, 1.54) is 0 Å². The summed E-state index contributed by atoms with van der Waals surface area (Å²) >= 11 is 0. The molecule has 2 aliphatic rings. The van der Waals surface area contributed by atoms with Crippen LogP contribution in [0.15, 0.2) is 36.4 Å². The van der Waals surface area contributed by atoms with E-state index in [0.29, 0.717) is 12.0 Å². The van der Waals surface area contributed by atoms with E-state index in [9.17, 15) is 19.5 Å². The monoisotopic (exact) mass is 356 g/mol. The van der Waals surface area contributed by atoms with E-state index in [2.05, 4.69) is 31.6 Å². The maximum Gasteiger partial charge on any atom is 0.307 e. The summed E-state index contributed by atoms with van der Waals surface area (Å²) in [6.07, 6.45) is 4.46. The van der Waals surface area contributed by atoms with Gasteiger partial charge < -0.3 is 5.11 Å². The molecule has 3 rings (SSSR count). The second-order valence-electron chi connectivity index (χ2n) is 8.11. The minimum absolute atomic E-state index is 0.00955. The lowest BCUT2D eigenvalue weighted by molar-refractivity contribution is -0.148. The third-order valence-corrected chi connectivity index (χ3v) is 5.36.